The zero-order chi connectivity index (χ0) is 53.9. The van der Waals surface area contributed by atoms with Crippen molar-refractivity contribution < 1.29 is 113 Å². The van der Waals surface area contributed by atoms with Gasteiger partial charge in [0.25, 0.3) is 0 Å². The molecule has 21 unspecified atom stereocenters. The van der Waals surface area contributed by atoms with Crippen LogP contribution in [-0.4, -0.2) is 228 Å². The minimum absolute atomic E-state index is 0.0249. The highest BCUT2D eigenvalue weighted by Gasteiger charge is 2.64. The lowest BCUT2D eigenvalue weighted by molar-refractivity contribution is -0.388. The second kappa shape index (κ2) is 23.4. The fourth-order valence-electron chi connectivity index (χ4n) is 13.9. The number of esters is 1. The third-order valence-electron chi connectivity index (χ3n) is 18.3. The fourth-order valence-corrected chi connectivity index (χ4v) is 13.9. The number of aliphatic hydroxyl groups excluding tert-OH is 12. The number of carbonyl (C=O) groups excluding carboxylic acids is 2. The van der Waals surface area contributed by atoms with Crippen molar-refractivity contribution in [1.29, 1.82) is 0 Å². The monoisotopic (exact) mass is 1060 g/mol. The van der Waals surface area contributed by atoms with Crippen molar-refractivity contribution in [2.24, 2.45) is 40.4 Å². The number of Topliss-reactive ketones (excluding diaryl/α,β-unsaturated/α-hetero) is 1. The van der Waals surface area contributed by atoms with Crippen molar-refractivity contribution >= 4 is 11.8 Å². The summed E-state index contributed by atoms with van der Waals surface area (Å²) in [4.78, 5) is 27.0. The molecule has 12 N–H and O–H groups in total. The average molecular weight is 1060 g/mol. The van der Waals surface area contributed by atoms with E-state index in [1.165, 1.54) is 19.4 Å². The molecule has 0 radical (unpaired) electrons. The summed E-state index contributed by atoms with van der Waals surface area (Å²) in [7, 11) is 0. The van der Waals surface area contributed by atoms with Crippen LogP contribution < -0.4 is 0 Å². The van der Waals surface area contributed by atoms with Crippen LogP contribution in [0.2, 0.25) is 0 Å². The number of rotatable bonds is 16. The van der Waals surface area contributed by atoms with Gasteiger partial charge in [-0.15, -0.1) is 0 Å². The summed E-state index contributed by atoms with van der Waals surface area (Å²) in [6.45, 7) is 9.50. The first-order valence-electron chi connectivity index (χ1n) is 26.6. The Labute approximate surface area is 430 Å². The standard InChI is InChI=1S/C51H82O23/c1-20(19-66-46-40(62)39(61)36(58)30(17-52)71-46)7-10-32(55)70-29-16-28-26-9-8-24-15-25(11-13-50(24,5)27(26)12-14-51(28,6)33(29)21(2)54)69-49-45(74-48-42(64)38(60)35(57)23(4)68-48)43(65)44(31(18-53)72-49)73-47-41(63)37(59)34(56)22(3)67-47/h8,20,22-23,25-31,33-49,52-53,56-65H,7,9-19H2,1-6H3/t20?,22?,23?,25-,26+,27-,28-,29-,30?,31?,33+,34?,35?,36?,37?,38?,39?,40?,41?,42?,43?,44?,45?,46?,47?,48?,49?,50-,51-/m0/s1. The third kappa shape index (κ3) is 11.2. The molecule has 0 aromatic rings. The van der Waals surface area contributed by atoms with Gasteiger partial charge in [0, 0.05) is 6.42 Å². The molecular weight excluding hydrogens is 981 g/mol. The molecule has 8 aliphatic rings. The number of hydrogen-bond acceptors (Lipinski definition) is 23. The lowest BCUT2D eigenvalue weighted by atomic mass is 9.47. The molecule has 424 valence electrons. The Bertz CT molecular complexity index is 1940. The molecule has 0 amide bonds. The molecule has 74 heavy (non-hydrogen) atoms. The molecule has 4 aliphatic heterocycles. The molecule has 0 bridgehead atoms. The highest BCUT2D eigenvalue weighted by molar-refractivity contribution is 5.81. The Balaban J connectivity index is 0.923. The van der Waals surface area contributed by atoms with E-state index < -0.39 is 166 Å². The van der Waals surface area contributed by atoms with Gasteiger partial charge in [0.1, 0.15) is 97.3 Å². The number of fused-ring (bicyclic) bond motifs is 5. The third-order valence-corrected chi connectivity index (χ3v) is 18.3. The van der Waals surface area contributed by atoms with Gasteiger partial charge in [-0.3, -0.25) is 9.59 Å². The van der Waals surface area contributed by atoms with Gasteiger partial charge in [0.15, 0.2) is 25.2 Å². The van der Waals surface area contributed by atoms with Crippen molar-refractivity contribution in [3.05, 3.63) is 11.6 Å². The van der Waals surface area contributed by atoms with E-state index in [1.54, 1.807) is 6.92 Å². The molecule has 0 aromatic carbocycles. The van der Waals surface area contributed by atoms with E-state index >= 15 is 0 Å². The topological polar surface area (TPSA) is 360 Å². The van der Waals surface area contributed by atoms with Crippen molar-refractivity contribution in [3.63, 3.8) is 0 Å². The molecule has 0 spiro atoms. The van der Waals surface area contributed by atoms with Gasteiger partial charge in [0.05, 0.1) is 44.1 Å². The molecule has 23 nitrogen and oxygen atoms in total. The number of carbonyl (C=O) groups is 2. The van der Waals surface area contributed by atoms with Crippen molar-refractivity contribution in [3.8, 4) is 0 Å². The first-order chi connectivity index (χ1) is 34.9. The highest BCUT2D eigenvalue weighted by atomic mass is 16.8. The second-order valence-corrected chi connectivity index (χ2v) is 23.1. The Kier molecular flexibility index (Phi) is 18.4. The van der Waals surface area contributed by atoms with Crippen LogP contribution in [0.25, 0.3) is 0 Å². The largest absolute Gasteiger partial charge is 0.462 e. The van der Waals surface area contributed by atoms with E-state index in [1.807, 2.05) is 6.92 Å². The first-order valence-corrected chi connectivity index (χ1v) is 26.6. The van der Waals surface area contributed by atoms with Gasteiger partial charge in [-0.2, -0.15) is 0 Å². The molecule has 3 saturated carbocycles. The number of ether oxygens (including phenoxy) is 9. The normalized spacial score (nSPS) is 51.0. The Morgan fingerprint density at radius 3 is 1.86 bits per heavy atom. The van der Waals surface area contributed by atoms with Crippen LogP contribution in [0.4, 0.5) is 0 Å². The van der Waals surface area contributed by atoms with Crippen LogP contribution in [-0.2, 0) is 52.2 Å². The van der Waals surface area contributed by atoms with Crippen molar-refractivity contribution in [2.45, 2.75) is 234 Å². The minimum Gasteiger partial charge on any atom is -0.462 e. The Hall–Kier alpha value is -1.92. The fraction of sp³-hybridized carbons (Fsp3) is 0.922. The van der Waals surface area contributed by atoms with Gasteiger partial charge in [0.2, 0.25) is 0 Å². The summed E-state index contributed by atoms with van der Waals surface area (Å²) < 4.78 is 53.8. The predicted molar refractivity (Wildman–Crippen MR) is 250 cm³/mol. The van der Waals surface area contributed by atoms with Crippen LogP contribution in [0, 0.1) is 40.4 Å². The summed E-state index contributed by atoms with van der Waals surface area (Å²) in [5, 5.41) is 126. The molecule has 8 rings (SSSR count). The SMILES string of the molecule is CC(=O)[C@@H]1[C@@H](OC(=O)CCC(C)COC2OC(CO)C(O)C(O)C2O)C[C@H]2[C@@H]3CC=C4C[C@@H](OC5OC(CO)C(OC6OC(C)C(O)C(O)C6O)C(O)C5OC5OC(C)C(O)C(O)C5O)CC[C@]4(C)[C@H]3CC[C@]12C. The van der Waals surface area contributed by atoms with E-state index in [0.717, 1.165) is 19.3 Å². The summed E-state index contributed by atoms with van der Waals surface area (Å²) in [5.74, 6) is -0.639. The van der Waals surface area contributed by atoms with Crippen molar-refractivity contribution in [1.82, 2.24) is 0 Å². The predicted octanol–water partition coefficient (Wildman–Crippen LogP) is -2.20. The maximum atomic E-state index is 13.5. The second-order valence-electron chi connectivity index (χ2n) is 23.1. The number of aliphatic hydroxyl groups is 12. The minimum atomic E-state index is -1.77. The maximum Gasteiger partial charge on any atom is 0.306 e. The highest BCUT2D eigenvalue weighted by Crippen LogP contribution is 2.67. The molecule has 4 saturated heterocycles. The molecule has 4 aliphatic carbocycles. The lowest BCUT2D eigenvalue weighted by Gasteiger charge is -2.58. The van der Waals surface area contributed by atoms with Gasteiger partial charge >= 0.3 is 5.97 Å². The molecular formula is C51H82O23. The zero-order valence-electron chi connectivity index (χ0n) is 43.0. The molecule has 23 heteroatoms. The maximum absolute atomic E-state index is 13.5. The lowest BCUT2D eigenvalue weighted by Crippen LogP contribution is -2.66. The van der Waals surface area contributed by atoms with Gasteiger partial charge in [-0.1, -0.05) is 32.4 Å². The number of hydrogen-bond donors (Lipinski definition) is 12. The summed E-state index contributed by atoms with van der Waals surface area (Å²) >= 11 is 0. The van der Waals surface area contributed by atoms with Crippen LogP contribution in [0.5, 0.6) is 0 Å². The van der Waals surface area contributed by atoms with E-state index in [9.17, 15) is 70.9 Å². The van der Waals surface area contributed by atoms with Gasteiger partial charge in [-0.05, 0) is 107 Å². The van der Waals surface area contributed by atoms with Crippen LogP contribution in [0.3, 0.4) is 0 Å². The first kappa shape index (κ1) is 58.2. The van der Waals surface area contributed by atoms with Gasteiger partial charge in [-0.25, -0.2) is 0 Å². The van der Waals surface area contributed by atoms with E-state index in [2.05, 4.69) is 19.9 Å². The summed E-state index contributed by atoms with van der Waals surface area (Å²) in [5.41, 5.74) is 0.515. The number of allylic oxidation sites excluding steroid dienone is 1. The number of ketones is 1. The Morgan fingerprint density at radius 1 is 0.676 bits per heavy atom. The van der Waals surface area contributed by atoms with Crippen molar-refractivity contribution in [2.75, 3.05) is 19.8 Å². The zero-order valence-corrected chi connectivity index (χ0v) is 43.0. The van der Waals surface area contributed by atoms with Gasteiger partial charge < -0.3 is 104 Å². The molecule has 29 atom stereocenters. The van der Waals surface area contributed by atoms with E-state index in [0.29, 0.717) is 32.1 Å². The van der Waals surface area contributed by atoms with E-state index in [4.69, 9.17) is 42.6 Å². The summed E-state index contributed by atoms with van der Waals surface area (Å²) in [6, 6.07) is 0. The Morgan fingerprint density at radius 2 is 1.26 bits per heavy atom. The molecule has 7 fully saturated rings. The van der Waals surface area contributed by atoms with Crippen LogP contribution in [0.15, 0.2) is 11.6 Å². The smallest absolute Gasteiger partial charge is 0.306 e. The molecule has 0 aromatic heterocycles. The summed E-state index contributed by atoms with van der Waals surface area (Å²) in [6.07, 6.45) is -23.3. The van der Waals surface area contributed by atoms with Crippen LogP contribution in [0.1, 0.15) is 99.3 Å². The average Bonchev–Trinajstić information content (AvgIpc) is 3.67. The quantitative estimate of drug-likeness (QED) is 0.0576. The molecule has 4 heterocycles. The van der Waals surface area contributed by atoms with E-state index in [-0.39, 0.29) is 47.9 Å². The van der Waals surface area contributed by atoms with Crippen LogP contribution >= 0.6 is 0 Å².